The topological polar surface area (TPSA) is 70.7 Å². The van der Waals surface area contributed by atoms with Gasteiger partial charge < -0.3 is 15.4 Å². The van der Waals surface area contributed by atoms with Crippen LogP contribution in [0.1, 0.15) is 40.5 Å². The van der Waals surface area contributed by atoms with E-state index >= 15 is 0 Å². The zero-order valence-corrected chi connectivity index (χ0v) is 13.5. The molecule has 6 nitrogen and oxygen atoms in total. The number of nitrogens with one attached hydrogen (secondary N) is 2. The van der Waals surface area contributed by atoms with E-state index in [-0.39, 0.29) is 23.4 Å². The third-order valence-corrected chi connectivity index (χ3v) is 4.07. The Kier molecular flexibility index (Phi) is 4.58. The van der Waals surface area contributed by atoms with Gasteiger partial charge >= 0.3 is 6.03 Å². The summed E-state index contributed by atoms with van der Waals surface area (Å²) < 4.78 is 5.30. The summed E-state index contributed by atoms with van der Waals surface area (Å²) in [5.41, 5.74) is -0.681. The van der Waals surface area contributed by atoms with Crippen molar-refractivity contribution in [2.45, 2.75) is 51.6 Å². The lowest BCUT2D eigenvalue weighted by Crippen LogP contribution is -2.51. The molecule has 1 unspecified atom stereocenters. The molecule has 1 atom stereocenters. The van der Waals surface area contributed by atoms with Crippen LogP contribution in [-0.4, -0.2) is 54.2 Å². The molecular formula is C15H27N3O3. The quantitative estimate of drug-likeness (QED) is 0.763. The van der Waals surface area contributed by atoms with Crippen LogP contribution in [0.15, 0.2) is 0 Å². The zero-order chi connectivity index (χ0) is 15.7. The first-order valence-corrected chi connectivity index (χ1v) is 7.70. The summed E-state index contributed by atoms with van der Waals surface area (Å²) in [5, 5.41) is 6.29. The number of amides is 3. The minimum atomic E-state index is -0.716. The maximum absolute atomic E-state index is 12.6. The Hall–Kier alpha value is -1.14. The first-order chi connectivity index (χ1) is 9.73. The number of carbonyl (C=O) groups excluding carboxylic acids is 2. The molecule has 0 saturated carbocycles. The molecule has 2 fully saturated rings. The molecule has 2 N–H and O–H groups in total. The highest BCUT2D eigenvalue weighted by Crippen LogP contribution is 2.28. The van der Waals surface area contributed by atoms with Crippen LogP contribution >= 0.6 is 0 Å². The predicted molar refractivity (Wildman–Crippen MR) is 79.9 cm³/mol. The van der Waals surface area contributed by atoms with Crippen LogP contribution < -0.4 is 10.6 Å². The maximum atomic E-state index is 12.6. The van der Waals surface area contributed by atoms with Gasteiger partial charge in [-0.05, 0) is 33.2 Å². The average Bonchev–Trinajstić information content (AvgIpc) is 2.61. The highest BCUT2D eigenvalue weighted by atomic mass is 16.5. The van der Waals surface area contributed by atoms with Crippen LogP contribution in [-0.2, 0) is 9.53 Å². The molecule has 2 aliphatic heterocycles. The first kappa shape index (κ1) is 16.2. The number of hydrogen-bond acceptors (Lipinski definition) is 4. The van der Waals surface area contributed by atoms with E-state index in [4.69, 9.17) is 4.74 Å². The van der Waals surface area contributed by atoms with Crippen LogP contribution in [0.2, 0.25) is 0 Å². The van der Waals surface area contributed by atoms with E-state index in [1.165, 1.54) is 4.90 Å². The molecule has 3 amide bonds. The number of imide groups is 1. The Labute approximate surface area is 126 Å². The highest BCUT2D eigenvalue weighted by molar-refractivity contribution is 6.07. The largest absolute Gasteiger partial charge is 0.381 e. The molecule has 120 valence electrons. The van der Waals surface area contributed by atoms with Gasteiger partial charge in [0.1, 0.15) is 5.54 Å². The van der Waals surface area contributed by atoms with E-state index in [1.807, 2.05) is 6.92 Å². The van der Waals surface area contributed by atoms with Crippen molar-refractivity contribution in [1.82, 2.24) is 15.5 Å². The van der Waals surface area contributed by atoms with Gasteiger partial charge in [-0.15, -0.1) is 0 Å². The molecule has 0 aliphatic carbocycles. The summed E-state index contributed by atoms with van der Waals surface area (Å²) in [6.45, 7) is 10.6. The van der Waals surface area contributed by atoms with Crippen LogP contribution in [0.25, 0.3) is 0 Å². The Morgan fingerprint density at radius 3 is 2.52 bits per heavy atom. The molecule has 2 rings (SSSR count). The van der Waals surface area contributed by atoms with Gasteiger partial charge in [-0.3, -0.25) is 9.69 Å². The molecule has 0 radical (unpaired) electrons. The van der Waals surface area contributed by atoms with Gasteiger partial charge in [0.25, 0.3) is 5.91 Å². The molecular weight excluding hydrogens is 270 g/mol. The van der Waals surface area contributed by atoms with Gasteiger partial charge in [0.2, 0.25) is 0 Å². The number of ether oxygens (including phenoxy) is 1. The zero-order valence-electron chi connectivity index (χ0n) is 13.5. The average molecular weight is 297 g/mol. The standard InChI is InChI=1S/C15H27N3O3/c1-11(9-16-14(2,3)4)10-18-12(19)15(17-13(18)20)5-7-21-8-6-15/h11,16H,5-10H2,1-4H3,(H,17,20). The van der Waals surface area contributed by atoms with E-state index in [9.17, 15) is 9.59 Å². The van der Waals surface area contributed by atoms with Gasteiger partial charge in [-0.25, -0.2) is 4.79 Å². The molecule has 6 heteroatoms. The molecule has 21 heavy (non-hydrogen) atoms. The van der Waals surface area contributed by atoms with E-state index in [1.54, 1.807) is 0 Å². The molecule has 2 saturated heterocycles. The van der Waals surface area contributed by atoms with Crippen molar-refractivity contribution in [3.63, 3.8) is 0 Å². The molecule has 2 aliphatic rings. The summed E-state index contributed by atoms with van der Waals surface area (Å²) in [5.74, 6) is 0.132. The van der Waals surface area contributed by atoms with Gasteiger partial charge in [-0.2, -0.15) is 0 Å². The van der Waals surface area contributed by atoms with E-state index in [0.29, 0.717) is 32.6 Å². The SMILES string of the molecule is CC(CNC(C)(C)C)CN1C(=O)NC2(CCOCC2)C1=O. The van der Waals surface area contributed by atoms with Crippen LogP contribution in [0, 0.1) is 5.92 Å². The van der Waals surface area contributed by atoms with Crippen LogP contribution in [0.3, 0.4) is 0 Å². The fourth-order valence-corrected chi connectivity index (χ4v) is 2.76. The number of urea groups is 1. The maximum Gasteiger partial charge on any atom is 0.325 e. The number of rotatable bonds is 4. The molecule has 2 heterocycles. The second kappa shape index (κ2) is 5.93. The predicted octanol–water partition coefficient (Wildman–Crippen LogP) is 1.11. The molecule has 0 bridgehead atoms. The smallest absolute Gasteiger partial charge is 0.325 e. The molecule has 0 aromatic carbocycles. The van der Waals surface area contributed by atoms with Gasteiger partial charge in [-0.1, -0.05) is 6.92 Å². The summed E-state index contributed by atoms with van der Waals surface area (Å²) >= 11 is 0. The van der Waals surface area contributed by atoms with E-state index < -0.39 is 5.54 Å². The van der Waals surface area contributed by atoms with Gasteiger partial charge in [0, 0.05) is 38.1 Å². The Bertz CT molecular complexity index is 411. The summed E-state index contributed by atoms with van der Waals surface area (Å²) in [6.07, 6.45) is 1.14. The lowest BCUT2D eigenvalue weighted by atomic mass is 9.90. The second-order valence-corrected chi connectivity index (χ2v) is 7.28. The number of hydrogen-bond donors (Lipinski definition) is 2. The van der Waals surface area contributed by atoms with Crippen molar-refractivity contribution in [3.8, 4) is 0 Å². The molecule has 0 aromatic rings. The second-order valence-electron chi connectivity index (χ2n) is 7.28. The van der Waals surface area contributed by atoms with E-state index in [2.05, 4.69) is 31.4 Å². The number of carbonyl (C=O) groups is 2. The lowest BCUT2D eigenvalue weighted by molar-refractivity contribution is -0.134. The Morgan fingerprint density at radius 1 is 1.33 bits per heavy atom. The van der Waals surface area contributed by atoms with Crippen LogP contribution in [0.4, 0.5) is 4.79 Å². The third-order valence-electron chi connectivity index (χ3n) is 4.07. The third kappa shape index (κ3) is 3.74. The van der Waals surface area contributed by atoms with Crippen molar-refractivity contribution in [3.05, 3.63) is 0 Å². The number of nitrogens with zero attached hydrogens (tertiary/aromatic N) is 1. The van der Waals surface area contributed by atoms with Crippen molar-refractivity contribution in [2.75, 3.05) is 26.3 Å². The highest BCUT2D eigenvalue weighted by Gasteiger charge is 2.51. The summed E-state index contributed by atoms with van der Waals surface area (Å²) in [7, 11) is 0. The van der Waals surface area contributed by atoms with Crippen molar-refractivity contribution < 1.29 is 14.3 Å². The fraction of sp³-hybridized carbons (Fsp3) is 0.867. The van der Waals surface area contributed by atoms with Crippen molar-refractivity contribution in [2.24, 2.45) is 5.92 Å². The van der Waals surface area contributed by atoms with Gasteiger partial charge in [0.05, 0.1) is 0 Å². The monoisotopic (exact) mass is 297 g/mol. The molecule has 1 spiro atoms. The summed E-state index contributed by atoms with van der Waals surface area (Å²) in [6, 6.07) is -0.260. The molecule has 0 aromatic heterocycles. The minimum absolute atomic E-state index is 0.0352. The van der Waals surface area contributed by atoms with Crippen LogP contribution in [0.5, 0.6) is 0 Å². The van der Waals surface area contributed by atoms with Crippen molar-refractivity contribution in [1.29, 1.82) is 0 Å². The fourth-order valence-electron chi connectivity index (χ4n) is 2.76. The Balaban J connectivity index is 1.94. The lowest BCUT2D eigenvalue weighted by Gasteiger charge is -2.31. The normalized spacial score (nSPS) is 23.5. The summed E-state index contributed by atoms with van der Waals surface area (Å²) in [4.78, 5) is 26.1. The van der Waals surface area contributed by atoms with Crippen molar-refractivity contribution >= 4 is 11.9 Å². The Morgan fingerprint density at radius 2 is 1.95 bits per heavy atom. The minimum Gasteiger partial charge on any atom is -0.381 e. The van der Waals surface area contributed by atoms with E-state index in [0.717, 1.165) is 6.54 Å². The first-order valence-electron chi connectivity index (χ1n) is 7.70. The van der Waals surface area contributed by atoms with Gasteiger partial charge in [0.15, 0.2) is 0 Å².